The molecule has 0 saturated carbocycles. The van der Waals surface area contributed by atoms with Gasteiger partial charge in [-0.2, -0.15) is 0 Å². The lowest BCUT2D eigenvalue weighted by molar-refractivity contribution is -0.143. The number of ether oxygens (including phenoxy) is 1. The molecule has 6 nitrogen and oxygen atoms in total. The lowest BCUT2D eigenvalue weighted by Crippen LogP contribution is -2.40. The lowest BCUT2D eigenvalue weighted by Gasteiger charge is -2.28. The second-order valence-corrected chi connectivity index (χ2v) is 11.8. The van der Waals surface area contributed by atoms with E-state index in [1.54, 1.807) is 16.3 Å². The van der Waals surface area contributed by atoms with Crippen LogP contribution in [0.2, 0.25) is 0 Å². The fourth-order valence-corrected chi connectivity index (χ4v) is 6.50. The summed E-state index contributed by atoms with van der Waals surface area (Å²) in [5.41, 5.74) is 3.86. The average molecular weight is 548 g/mol. The number of thiazole rings is 1. The number of fused-ring (bicyclic) bond motifs is 1. The molecule has 1 atom stereocenters. The van der Waals surface area contributed by atoms with Gasteiger partial charge in [-0.3, -0.25) is 9.36 Å². The second kappa shape index (κ2) is 11.3. The minimum absolute atomic E-state index is 0.157. The van der Waals surface area contributed by atoms with Crippen molar-refractivity contribution in [2.75, 3.05) is 24.2 Å². The quantitative estimate of drug-likeness (QED) is 0.325. The summed E-state index contributed by atoms with van der Waals surface area (Å²) in [5, 5.41) is 0. The summed E-state index contributed by atoms with van der Waals surface area (Å²) in [4.78, 5) is 35.9. The molecular weight excluding hydrogens is 514 g/mol. The minimum atomic E-state index is -0.600. The van der Waals surface area contributed by atoms with Gasteiger partial charge in [-0.05, 0) is 87.8 Å². The standard InChI is InChI=1S/C30H33N3O3S2/c1-19(2)36-29(35)26-20(3)31-30-33(27(26)22-10-14-24(37-4)15-11-22)28(34)25(38-30)18-21-8-12-23(13-9-21)32-16-6-5-7-17-32/h8-15,18-19,27H,5-7,16-17H2,1-4H3/b25-18-/t27-/m1/s1. The van der Waals surface area contributed by atoms with E-state index in [0.717, 1.165) is 29.1 Å². The molecule has 2 aliphatic rings. The van der Waals surface area contributed by atoms with Crippen LogP contribution in [-0.4, -0.2) is 36.0 Å². The Hall–Kier alpha value is -3.10. The van der Waals surface area contributed by atoms with Gasteiger partial charge in [0.25, 0.3) is 5.56 Å². The Morgan fingerprint density at radius 1 is 1.08 bits per heavy atom. The van der Waals surface area contributed by atoms with Crippen molar-refractivity contribution in [3.63, 3.8) is 0 Å². The number of benzene rings is 2. The van der Waals surface area contributed by atoms with E-state index in [-0.39, 0.29) is 11.7 Å². The van der Waals surface area contributed by atoms with Crippen molar-refractivity contribution in [2.45, 2.75) is 57.1 Å². The summed E-state index contributed by atoms with van der Waals surface area (Å²) in [6.45, 7) is 7.65. The number of esters is 1. The molecule has 0 aliphatic carbocycles. The molecule has 198 valence electrons. The number of carbonyl (C=O) groups excluding carboxylic acids is 1. The zero-order valence-corrected chi connectivity index (χ0v) is 23.9. The summed E-state index contributed by atoms with van der Waals surface area (Å²) in [7, 11) is 0. The number of aromatic nitrogens is 1. The number of nitrogens with zero attached hydrogens (tertiary/aromatic N) is 3. The predicted octanol–water partition coefficient (Wildman–Crippen LogP) is 4.90. The van der Waals surface area contributed by atoms with Crippen LogP contribution >= 0.6 is 23.1 Å². The van der Waals surface area contributed by atoms with Crippen molar-refractivity contribution >= 4 is 40.8 Å². The summed E-state index contributed by atoms with van der Waals surface area (Å²) < 4.78 is 7.83. The van der Waals surface area contributed by atoms with Crippen LogP contribution in [0.3, 0.4) is 0 Å². The highest BCUT2D eigenvalue weighted by Crippen LogP contribution is 2.32. The van der Waals surface area contributed by atoms with Crippen LogP contribution < -0.4 is 19.8 Å². The van der Waals surface area contributed by atoms with Crippen LogP contribution in [0.1, 0.15) is 57.2 Å². The summed E-state index contributed by atoms with van der Waals surface area (Å²) in [6.07, 6.45) is 7.43. The number of hydrogen-bond acceptors (Lipinski definition) is 7. The van der Waals surface area contributed by atoms with Crippen LogP contribution in [0, 0.1) is 0 Å². The zero-order chi connectivity index (χ0) is 26.8. The Morgan fingerprint density at radius 2 is 1.76 bits per heavy atom. The fraction of sp³-hybridized carbons (Fsp3) is 0.367. The topological polar surface area (TPSA) is 63.9 Å². The first-order chi connectivity index (χ1) is 18.4. The number of carbonyl (C=O) groups is 1. The molecular formula is C30H33N3O3S2. The molecule has 0 amide bonds. The van der Waals surface area contributed by atoms with Crippen molar-refractivity contribution in [3.05, 3.63) is 90.6 Å². The van der Waals surface area contributed by atoms with Crippen molar-refractivity contribution in [3.8, 4) is 0 Å². The predicted molar refractivity (Wildman–Crippen MR) is 156 cm³/mol. The van der Waals surface area contributed by atoms with E-state index in [9.17, 15) is 9.59 Å². The van der Waals surface area contributed by atoms with Gasteiger partial charge in [0.2, 0.25) is 0 Å². The molecule has 0 spiro atoms. The van der Waals surface area contributed by atoms with E-state index in [2.05, 4.69) is 29.2 Å². The van der Waals surface area contributed by atoms with E-state index >= 15 is 0 Å². The van der Waals surface area contributed by atoms with Gasteiger partial charge in [0.1, 0.15) is 0 Å². The van der Waals surface area contributed by atoms with E-state index in [1.807, 2.05) is 57.4 Å². The monoisotopic (exact) mass is 547 g/mol. The van der Waals surface area contributed by atoms with Crippen molar-refractivity contribution in [1.29, 1.82) is 0 Å². The summed E-state index contributed by atoms with van der Waals surface area (Å²) >= 11 is 3.00. The minimum Gasteiger partial charge on any atom is -0.459 e. The molecule has 3 aromatic rings. The summed E-state index contributed by atoms with van der Waals surface area (Å²) in [5.74, 6) is -0.442. The molecule has 0 bridgehead atoms. The van der Waals surface area contributed by atoms with E-state index in [4.69, 9.17) is 9.73 Å². The largest absolute Gasteiger partial charge is 0.459 e. The molecule has 2 aliphatic heterocycles. The van der Waals surface area contributed by atoms with Crippen LogP contribution in [0.4, 0.5) is 5.69 Å². The van der Waals surface area contributed by atoms with Crippen molar-refractivity contribution < 1.29 is 9.53 Å². The molecule has 1 saturated heterocycles. The van der Waals surface area contributed by atoms with Crippen LogP contribution in [0.25, 0.3) is 6.08 Å². The molecule has 38 heavy (non-hydrogen) atoms. The maximum atomic E-state index is 13.8. The Kier molecular flexibility index (Phi) is 7.91. The van der Waals surface area contributed by atoms with Gasteiger partial charge in [0, 0.05) is 23.7 Å². The van der Waals surface area contributed by atoms with Gasteiger partial charge in [0.05, 0.1) is 27.9 Å². The number of rotatable bonds is 6. The Morgan fingerprint density at radius 3 is 2.39 bits per heavy atom. The average Bonchev–Trinajstić information content (AvgIpc) is 3.22. The number of anilines is 1. The molecule has 2 aromatic carbocycles. The third-order valence-corrected chi connectivity index (χ3v) is 8.65. The van der Waals surface area contributed by atoms with Gasteiger partial charge in [0.15, 0.2) is 4.80 Å². The third-order valence-electron chi connectivity index (χ3n) is 6.93. The highest BCUT2D eigenvalue weighted by molar-refractivity contribution is 7.98. The van der Waals surface area contributed by atoms with E-state index in [0.29, 0.717) is 20.6 Å². The summed E-state index contributed by atoms with van der Waals surface area (Å²) in [6, 6.07) is 15.8. The van der Waals surface area contributed by atoms with E-state index in [1.165, 1.54) is 36.3 Å². The number of piperidine rings is 1. The van der Waals surface area contributed by atoms with Crippen molar-refractivity contribution in [1.82, 2.24) is 4.57 Å². The SMILES string of the molecule is CSc1ccc([C@@H]2C(C(=O)OC(C)C)=C(C)N=c3s/c(=C\c4ccc(N5CCCCC5)cc4)c(=O)n32)cc1. The van der Waals surface area contributed by atoms with Gasteiger partial charge >= 0.3 is 5.97 Å². The second-order valence-electron chi connectivity index (χ2n) is 9.95. The smallest absolute Gasteiger partial charge is 0.338 e. The molecule has 1 aromatic heterocycles. The van der Waals surface area contributed by atoms with Crippen LogP contribution in [-0.2, 0) is 9.53 Å². The molecule has 8 heteroatoms. The maximum Gasteiger partial charge on any atom is 0.338 e. The van der Waals surface area contributed by atoms with Crippen LogP contribution in [0.5, 0.6) is 0 Å². The zero-order valence-electron chi connectivity index (χ0n) is 22.3. The van der Waals surface area contributed by atoms with Crippen LogP contribution in [0.15, 0.2) is 74.5 Å². The molecule has 1 fully saturated rings. The number of hydrogen-bond donors (Lipinski definition) is 0. The molecule has 0 N–H and O–H groups in total. The highest BCUT2D eigenvalue weighted by Gasteiger charge is 2.33. The van der Waals surface area contributed by atoms with E-state index < -0.39 is 12.0 Å². The van der Waals surface area contributed by atoms with Gasteiger partial charge in [-0.15, -0.1) is 11.8 Å². The van der Waals surface area contributed by atoms with Gasteiger partial charge in [-0.25, -0.2) is 9.79 Å². The Bertz CT molecular complexity index is 1530. The number of allylic oxidation sites excluding steroid dienone is 1. The first-order valence-electron chi connectivity index (χ1n) is 13.1. The first-order valence-corrected chi connectivity index (χ1v) is 15.1. The molecule has 0 radical (unpaired) electrons. The molecule has 3 heterocycles. The van der Waals surface area contributed by atoms with Crippen molar-refractivity contribution in [2.24, 2.45) is 4.99 Å². The molecule has 5 rings (SSSR count). The Balaban J connectivity index is 1.58. The normalized spacial score (nSPS) is 18.0. The molecule has 0 unspecified atom stereocenters. The highest BCUT2D eigenvalue weighted by atomic mass is 32.2. The third kappa shape index (κ3) is 5.38. The van der Waals surface area contributed by atoms with Gasteiger partial charge < -0.3 is 9.64 Å². The first kappa shape index (κ1) is 26.5. The lowest BCUT2D eigenvalue weighted by atomic mass is 9.96. The fourth-order valence-electron chi connectivity index (χ4n) is 5.05. The maximum absolute atomic E-state index is 13.8. The van der Waals surface area contributed by atoms with Gasteiger partial charge in [-0.1, -0.05) is 35.6 Å². The Labute approximate surface area is 231 Å². The number of thioether (sulfide) groups is 1.